The summed E-state index contributed by atoms with van der Waals surface area (Å²) in [7, 11) is -3.72. The molecule has 0 unspecified atom stereocenters. The van der Waals surface area contributed by atoms with Gasteiger partial charge in [0.1, 0.15) is 10.6 Å². The predicted molar refractivity (Wildman–Crippen MR) is 77.5 cm³/mol. The predicted octanol–water partition coefficient (Wildman–Crippen LogP) is 1.92. The summed E-state index contributed by atoms with van der Waals surface area (Å²) in [6, 6.07) is 10.4. The van der Waals surface area contributed by atoms with E-state index in [9.17, 15) is 13.2 Å². The van der Waals surface area contributed by atoms with Crippen molar-refractivity contribution in [1.29, 1.82) is 0 Å². The standard InChI is InChI=1S/C14H16N2O4S/c1-2-16(10-11-6-4-3-5-7-11)21(19,20)12-8-13(14(17)18)15-9-12/h3-9,15H,2,10H2,1H3,(H,17,18). The van der Waals surface area contributed by atoms with Crippen LogP contribution in [0.25, 0.3) is 0 Å². The zero-order valence-corrected chi connectivity index (χ0v) is 12.3. The fourth-order valence-corrected chi connectivity index (χ4v) is 3.38. The number of sulfonamides is 1. The topological polar surface area (TPSA) is 90.5 Å². The van der Waals surface area contributed by atoms with E-state index in [2.05, 4.69) is 4.98 Å². The molecule has 112 valence electrons. The number of carboxylic acid groups (broad SMARTS) is 1. The highest BCUT2D eigenvalue weighted by molar-refractivity contribution is 7.89. The number of nitrogens with one attached hydrogen (secondary N) is 1. The van der Waals surface area contributed by atoms with Gasteiger partial charge in [0, 0.05) is 19.3 Å². The smallest absolute Gasteiger partial charge is 0.352 e. The highest BCUT2D eigenvalue weighted by Crippen LogP contribution is 2.19. The molecule has 0 aliphatic carbocycles. The number of rotatable bonds is 6. The van der Waals surface area contributed by atoms with Gasteiger partial charge in [0.25, 0.3) is 0 Å². The quantitative estimate of drug-likeness (QED) is 0.853. The number of aromatic nitrogens is 1. The summed E-state index contributed by atoms with van der Waals surface area (Å²) in [5, 5.41) is 8.86. The van der Waals surface area contributed by atoms with Crippen LogP contribution in [0.5, 0.6) is 0 Å². The van der Waals surface area contributed by atoms with Gasteiger partial charge in [0.2, 0.25) is 10.0 Å². The lowest BCUT2D eigenvalue weighted by Gasteiger charge is -2.19. The van der Waals surface area contributed by atoms with Crippen molar-refractivity contribution < 1.29 is 18.3 Å². The minimum atomic E-state index is -3.72. The number of nitrogens with zero attached hydrogens (tertiary/aromatic N) is 1. The molecular weight excluding hydrogens is 292 g/mol. The van der Waals surface area contributed by atoms with Crippen LogP contribution in [0.2, 0.25) is 0 Å². The van der Waals surface area contributed by atoms with Gasteiger partial charge in [-0.15, -0.1) is 0 Å². The van der Waals surface area contributed by atoms with E-state index in [0.29, 0.717) is 6.54 Å². The zero-order chi connectivity index (χ0) is 15.5. The normalized spacial score (nSPS) is 11.7. The number of hydrogen-bond acceptors (Lipinski definition) is 3. The van der Waals surface area contributed by atoms with Crippen molar-refractivity contribution in [1.82, 2.24) is 9.29 Å². The molecule has 6 nitrogen and oxygen atoms in total. The molecule has 2 aromatic rings. The molecule has 7 heteroatoms. The number of aromatic carboxylic acids is 1. The summed E-state index contributed by atoms with van der Waals surface area (Å²) in [6.45, 7) is 2.28. The number of hydrogen-bond donors (Lipinski definition) is 2. The molecule has 0 radical (unpaired) electrons. The van der Waals surface area contributed by atoms with Crippen LogP contribution in [0, 0.1) is 0 Å². The first-order valence-corrected chi connectivity index (χ1v) is 7.85. The molecule has 0 spiro atoms. The molecule has 2 rings (SSSR count). The van der Waals surface area contributed by atoms with E-state index in [-0.39, 0.29) is 17.1 Å². The number of carbonyl (C=O) groups is 1. The number of carboxylic acids is 1. The Hall–Kier alpha value is -2.12. The average molecular weight is 308 g/mol. The largest absolute Gasteiger partial charge is 0.477 e. The number of H-pyrrole nitrogens is 1. The first-order chi connectivity index (χ1) is 9.95. The van der Waals surface area contributed by atoms with Crippen LogP contribution < -0.4 is 0 Å². The molecule has 1 heterocycles. The highest BCUT2D eigenvalue weighted by Gasteiger charge is 2.25. The second-order valence-corrected chi connectivity index (χ2v) is 6.41. The summed E-state index contributed by atoms with van der Waals surface area (Å²) >= 11 is 0. The Morgan fingerprint density at radius 1 is 1.29 bits per heavy atom. The Kier molecular flexibility index (Phi) is 4.44. The van der Waals surface area contributed by atoms with Gasteiger partial charge in [-0.3, -0.25) is 0 Å². The molecular formula is C14H16N2O4S. The lowest BCUT2D eigenvalue weighted by Crippen LogP contribution is -2.30. The lowest BCUT2D eigenvalue weighted by molar-refractivity contribution is 0.0691. The van der Waals surface area contributed by atoms with E-state index < -0.39 is 16.0 Å². The molecule has 0 saturated heterocycles. The highest BCUT2D eigenvalue weighted by atomic mass is 32.2. The SMILES string of the molecule is CCN(Cc1ccccc1)S(=O)(=O)c1c[nH]c(C(=O)O)c1. The van der Waals surface area contributed by atoms with Crippen molar-refractivity contribution >= 4 is 16.0 Å². The minimum absolute atomic E-state index is 0.0438. The van der Waals surface area contributed by atoms with E-state index in [1.165, 1.54) is 10.5 Å². The van der Waals surface area contributed by atoms with E-state index in [1.807, 2.05) is 30.3 Å². The van der Waals surface area contributed by atoms with Gasteiger partial charge in [-0.1, -0.05) is 37.3 Å². The molecule has 0 aliphatic rings. The summed E-state index contributed by atoms with van der Waals surface area (Å²) < 4.78 is 26.3. The molecule has 0 bridgehead atoms. The molecule has 0 saturated carbocycles. The van der Waals surface area contributed by atoms with Crippen molar-refractivity contribution in [3.8, 4) is 0 Å². The third-order valence-corrected chi connectivity index (χ3v) is 4.98. The van der Waals surface area contributed by atoms with Gasteiger partial charge in [0.15, 0.2) is 0 Å². The van der Waals surface area contributed by atoms with Crippen LogP contribution >= 0.6 is 0 Å². The molecule has 0 aliphatic heterocycles. The first kappa shape index (κ1) is 15.3. The summed E-state index contributed by atoms with van der Waals surface area (Å²) in [5.74, 6) is -1.19. The molecule has 0 amide bonds. The fourth-order valence-electron chi connectivity index (χ4n) is 1.95. The van der Waals surface area contributed by atoms with E-state index in [4.69, 9.17) is 5.11 Å². The van der Waals surface area contributed by atoms with E-state index >= 15 is 0 Å². The van der Waals surface area contributed by atoms with E-state index in [0.717, 1.165) is 11.6 Å². The maximum absolute atomic E-state index is 12.5. The van der Waals surface area contributed by atoms with Crippen LogP contribution in [0.15, 0.2) is 47.5 Å². The van der Waals surface area contributed by atoms with Gasteiger partial charge < -0.3 is 10.1 Å². The van der Waals surface area contributed by atoms with Crippen LogP contribution in [-0.2, 0) is 16.6 Å². The summed E-state index contributed by atoms with van der Waals surface area (Å²) in [4.78, 5) is 13.2. The van der Waals surface area contributed by atoms with Crippen molar-refractivity contribution in [2.24, 2.45) is 0 Å². The molecule has 0 atom stereocenters. The Bertz CT molecular complexity index is 722. The lowest BCUT2D eigenvalue weighted by atomic mass is 10.2. The minimum Gasteiger partial charge on any atom is -0.477 e. The average Bonchev–Trinajstić information content (AvgIpc) is 2.96. The molecule has 21 heavy (non-hydrogen) atoms. The Morgan fingerprint density at radius 2 is 1.95 bits per heavy atom. The Morgan fingerprint density at radius 3 is 2.48 bits per heavy atom. The Balaban J connectivity index is 2.28. The fraction of sp³-hybridized carbons (Fsp3) is 0.214. The van der Waals surface area contributed by atoms with Crippen molar-refractivity contribution in [2.45, 2.75) is 18.4 Å². The van der Waals surface area contributed by atoms with Crippen LogP contribution in [0.4, 0.5) is 0 Å². The Labute approximate surface area is 123 Å². The third kappa shape index (κ3) is 3.32. The van der Waals surface area contributed by atoms with Crippen molar-refractivity contribution in [3.63, 3.8) is 0 Å². The second kappa shape index (κ2) is 6.11. The first-order valence-electron chi connectivity index (χ1n) is 6.41. The van der Waals surface area contributed by atoms with Crippen LogP contribution in [-0.4, -0.2) is 35.3 Å². The van der Waals surface area contributed by atoms with Gasteiger partial charge in [0.05, 0.1) is 0 Å². The molecule has 1 aromatic heterocycles. The van der Waals surface area contributed by atoms with Crippen LogP contribution in [0.3, 0.4) is 0 Å². The van der Waals surface area contributed by atoms with Gasteiger partial charge in [-0.2, -0.15) is 4.31 Å². The second-order valence-electron chi connectivity index (χ2n) is 4.47. The zero-order valence-electron chi connectivity index (χ0n) is 11.5. The summed E-state index contributed by atoms with van der Waals surface area (Å²) in [6.07, 6.45) is 1.20. The molecule has 2 N–H and O–H groups in total. The molecule has 1 aromatic carbocycles. The van der Waals surface area contributed by atoms with E-state index in [1.54, 1.807) is 6.92 Å². The van der Waals surface area contributed by atoms with Gasteiger partial charge in [-0.05, 0) is 11.6 Å². The maximum atomic E-state index is 12.5. The number of benzene rings is 1. The maximum Gasteiger partial charge on any atom is 0.352 e. The third-order valence-electron chi connectivity index (χ3n) is 3.08. The van der Waals surface area contributed by atoms with Crippen LogP contribution in [0.1, 0.15) is 23.0 Å². The van der Waals surface area contributed by atoms with Crippen molar-refractivity contribution in [3.05, 3.63) is 53.9 Å². The van der Waals surface area contributed by atoms with Gasteiger partial charge >= 0.3 is 5.97 Å². The number of aromatic amines is 1. The molecule has 0 fully saturated rings. The summed E-state index contributed by atoms with van der Waals surface area (Å²) in [5.41, 5.74) is 0.723. The van der Waals surface area contributed by atoms with Crippen molar-refractivity contribution in [2.75, 3.05) is 6.54 Å². The monoisotopic (exact) mass is 308 g/mol. The van der Waals surface area contributed by atoms with Gasteiger partial charge in [-0.25, -0.2) is 13.2 Å².